The Kier molecular flexibility index (Phi) is 4.99. The van der Waals surface area contributed by atoms with Gasteiger partial charge in [-0.05, 0) is 31.0 Å². The van der Waals surface area contributed by atoms with Crippen LogP contribution in [0.15, 0.2) is 70.1 Å². The van der Waals surface area contributed by atoms with Gasteiger partial charge in [0.05, 0.1) is 17.1 Å². The smallest absolute Gasteiger partial charge is 0.255 e. The molecule has 2 heterocycles. The molecule has 6 nitrogen and oxygen atoms in total. The lowest BCUT2D eigenvalue weighted by atomic mass is 10.0. The molecule has 0 aliphatic heterocycles. The number of nitrogens with one attached hydrogen (secondary N) is 1. The molecule has 6 heteroatoms. The van der Waals surface area contributed by atoms with Crippen molar-refractivity contribution < 1.29 is 9.21 Å². The average molecular weight is 387 g/mol. The largest absolute Gasteiger partial charge is 0.455 e. The lowest BCUT2D eigenvalue weighted by Crippen LogP contribution is -2.26. The molecule has 0 atom stereocenters. The fraction of sp³-hybridized carbons (Fsp3) is 0.174. The number of hydrogen-bond donors (Lipinski definition) is 1. The molecule has 0 aliphatic rings. The number of rotatable bonds is 5. The molecule has 2 aromatic heterocycles. The second kappa shape index (κ2) is 7.75. The van der Waals surface area contributed by atoms with Crippen LogP contribution in [0.5, 0.6) is 0 Å². The van der Waals surface area contributed by atoms with E-state index < -0.39 is 0 Å². The Labute approximate surface area is 167 Å². The molecule has 29 heavy (non-hydrogen) atoms. The number of benzene rings is 2. The van der Waals surface area contributed by atoms with E-state index in [2.05, 4.69) is 10.4 Å². The maximum absolute atomic E-state index is 12.9. The van der Waals surface area contributed by atoms with Gasteiger partial charge >= 0.3 is 0 Å². The number of carbonyl (C=O) groups is 1. The van der Waals surface area contributed by atoms with Crippen LogP contribution in [0.3, 0.4) is 0 Å². The summed E-state index contributed by atoms with van der Waals surface area (Å²) in [5.41, 5.74) is 2.90. The number of carbonyl (C=O) groups excluding carboxylic acids is 1. The van der Waals surface area contributed by atoms with Gasteiger partial charge in [-0.15, -0.1) is 0 Å². The summed E-state index contributed by atoms with van der Waals surface area (Å²) < 4.78 is 7.83. The molecule has 2 aromatic carbocycles. The minimum atomic E-state index is -0.273. The number of aryl methyl sites for hydroxylation is 1. The van der Waals surface area contributed by atoms with E-state index in [0.29, 0.717) is 40.8 Å². The molecule has 1 amide bonds. The monoisotopic (exact) mass is 387 g/mol. The summed E-state index contributed by atoms with van der Waals surface area (Å²) in [6.07, 6.45) is 4.36. The van der Waals surface area contributed by atoms with Crippen LogP contribution in [0.4, 0.5) is 0 Å². The van der Waals surface area contributed by atoms with Gasteiger partial charge in [-0.1, -0.05) is 36.4 Å². The minimum absolute atomic E-state index is 0.130. The maximum Gasteiger partial charge on any atom is 0.255 e. The van der Waals surface area contributed by atoms with E-state index in [9.17, 15) is 9.59 Å². The van der Waals surface area contributed by atoms with E-state index in [0.717, 1.165) is 11.1 Å². The van der Waals surface area contributed by atoms with Crippen molar-refractivity contribution in [1.29, 1.82) is 0 Å². The van der Waals surface area contributed by atoms with Gasteiger partial charge in [-0.2, -0.15) is 5.10 Å². The first-order chi connectivity index (χ1) is 14.0. The third-order valence-corrected chi connectivity index (χ3v) is 4.88. The van der Waals surface area contributed by atoms with Crippen molar-refractivity contribution in [3.8, 4) is 11.3 Å². The van der Waals surface area contributed by atoms with E-state index in [4.69, 9.17) is 4.42 Å². The molecule has 0 fully saturated rings. The Hall–Kier alpha value is -3.67. The maximum atomic E-state index is 12.9. The predicted molar refractivity (Wildman–Crippen MR) is 112 cm³/mol. The van der Waals surface area contributed by atoms with Gasteiger partial charge in [0.15, 0.2) is 11.0 Å². The highest BCUT2D eigenvalue weighted by atomic mass is 16.3. The van der Waals surface area contributed by atoms with E-state index in [-0.39, 0.29) is 11.3 Å². The predicted octanol–water partition coefficient (Wildman–Crippen LogP) is 3.47. The zero-order valence-electron chi connectivity index (χ0n) is 16.3. The molecule has 146 valence electrons. The van der Waals surface area contributed by atoms with E-state index >= 15 is 0 Å². The van der Waals surface area contributed by atoms with Crippen LogP contribution in [0.1, 0.15) is 21.5 Å². The topological polar surface area (TPSA) is 77.1 Å². The molecule has 0 saturated heterocycles. The molecule has 1 N–H and O–H groups in total. The zero-order chi connectivity index (χ0) is 20.4. The lowest BCUT2D eigenvalue weighted by Gasteiger charge is -2.10. The summed E-state index contributed by atoms with van der Waals surface area (Å²) in [7, 11) is 1.85. The van der Waals surface area contributed by atoms with Crippen molar-refractivity contribution >= 4 is 16.9 Å². The number of amides is 1. The Morgan fingerprint density at radius 2 is 1.93 bits per heavy atom. The first kappa shape index (κ1) is 18.7. The molecule has 4 aromatic rings. The molecule has 0 saturated carbocycles. The molecule has 0 radical (unpaired) electrons. The Balaban J connectivity index is 1.68. The van der Waals surface area contributed by atoms with Crippen LogP contribution in [0.2, 0.25) is 0 Å². The van der Waals surface area contributed by atoms with Gasteiger partial charge in [0, 0.05) is 30.9 Å². The molecular weight excluding hydrogens is 366 g/mol. The summed E-state index contributed by atoms with van der Waals surface area (Å²) in [5, 5.41) is 7.43. The lowest BCUT2D eigenvalue weighted by molar-refractivity contribution is 0.0955. The van der Waals surface area contributed by atoms with Crippen molar-refractivity contribution in [3.05, 3.63) is 87.8 Å². The van der Waals surface area contributed by atoms with Gasteiger partial charge in [0.25, 0.3) is 5.91 Å². The number of para-hydroxylation sites is 1. The van der Waals surface area contributed by atoms with Gasteiger partial charge in [0.1, 0.15) is 5.76 Å². The van der Waals surface area contributed by atoms with Gasteiger partial charge < -0.3 is 9.73 Å². The Bertz CT molecular complexity index is 1240. The standard InChI is InChI=1S/C23H21N3O3/c1-15-20(27)18-9-6-10-19(22(18)29-21(15)17-7-4-3-5-8-17)23(28)24-12-11-16-13-25-26(2)14-16/h3-10,13-14H,11-12H2,1-2H3,(H,24,28). The van der Waals surface area contributed by atoms with Gasteiger partial charge in [-0.3, -0.25) is 14.3 Å². The first-order valence-electron chi connectivity index (χ1n) is 9.42. The molecule has 0 spiro atoms. The van der Waals surface area contributed by atoms with Crippen molar-refractivity contribution in [1.82, 2.24) is 15.1 Å². The molecule has 0 bridgehead atoms. The molecule has 0 unspecified atom stereocenters. The van der Waals surface area contributed by atoms with E-state index in [1.807, 2.05) is 43.6 Å². The third kappa shape index (κ3) is 3.69. The highest BCUT2D eigenvalue weighted by Gasteiger charge is 2.18. The average Bonchev–Trinajstić information content (AvgIpc) is 3.15. The van der Waals surface area contributed by atoms with E-state index in [1.54, 1.807) is 36.0 Å². The number of hydrogen-bond acceptors (Lipinski definition) is 4. The van der Waals surface area contributed by atoms with Crippen LogP contribution >= 0.6 is 0 Å². The summed E-state index contributed by atoms with van der Waals surface area (Å²) >= 11 is 0. The normalized spacial score (nSPS) is 11.0. The van der Waals surface area contributed by atoms with Crippen molar-refractivity contribution in [2.24, 2.45) is 7.05 Å². The van der Waals surface area contributed by atoms with Crippen LogP contribution < -0.4 is 10.7 Å². The second-order valence-electron chi connectivity index (χ2n) is 6.96. The van der Waals surface area contributed by atoms with Crippen LogP contribution in [-0.2, 0) is 13.5 Å². The summed E-state index contributed by atoms with van der Waals surface area (Å²) in [6, 6.07) is 14.5. The third-order valence-electron chi connectivity index (χ3n) is 4.88. The highest BCUT2D eigenvalue weighted by Crippen LogP contribution is 2.27. The second-order valence-corrected chi connectivity index (χ2v) is 6.96. The van der Waals surface area contributed by atoms with E-state index in [1.165, 1.54) is 0 Å². The van der Waals surface area contributed by atoms with Crippen molar-refractivity contribution in [2.75, 3.05) is 6.54 Å². The zero-order valence-corrected chi connectivity index (χ0v) is 16.3. The fourth-order valence-electron chi connectivity index (χ4n) is 3.37. The SMILES string of the molecule is Cc1c(-c2ccccc2)oc2c(C(=O)NCCc3cnn(C)c3)cccc2c1=O. The fourth-order valence-corrected chi connectivity index (χ4v) is 3.37. The van der Waals surface area contributed by atoms with Crippen LogP contribution in [0, 0.1) is 6.92 Å². The summed E-state index contributed by atoms with van der Waals surface area (Å²) in [5.74, 6) is 0.212. The summed E-state index contributed by atoms with van der Waals surface area (Å²) in [6.45, 7) is 2.21. The Morgan fingerprint density at radius 1 is 1.14 bits per heavy atom. The quantitative estimate of drug-likeness (QED) is 0.569. The molecule has 0 aliphatic carbocycles. The van der Waals surface area contributed by atoms with Crippen molar-refractivity contribution in [3.63, 3.8) is 0 Å². The van der Waals surface area contributed by atoms with Crippen LogP contribution in [0.25, 0.3) is 22.3 Å². The summed E-state index contributed by atoms with van der Waals surface area (Å²) in [4.78, 5) is 25.7. The van der Waals surface area contributed by atoms with Gasteiger partial charge in [0.2, 0.25) is 0 Å². The number of nitrogens with zero attached hydrogens (tertiary/aromatic N) is 2. The number of fused-ring (bicyclic) bond motifs is 1. The highest BCUT2D eigenvalue weighted by molar-refractivity contribution is 6.05. The molecule has 4 rings (SSSR count). The van der Waals surface area contributed by atoms with Gasteiger partial charge in [-0.25, -0.2) is 0 Å². The van der Waals surface area contributed by atoms with Crippen molar-refractivity contribution in [2.45, 2.75) is 13.3 Å². The molecular formula is C23H21N3O3. The first-order valence-corrected chi connectivity index (χ1v) is 9.42. The number of aromatic nitrogens is 2. The Morgan fingerprint density at radius 3 is 2.66 bits per heavy atom. The minimum Gasteiger partial charge on any atom is -0.455 e. The van der Waals surface area contributed by atoms with Crippen LogP contribution in [-0.4, -0.2) is 22.2 Å².